The Morgan fingerprint density at radius 1 is 1.25 bits per heavy atom. The van der Waals surface area contributed by atoms with E-state index in [0.29, 0.717) is 24.7 Å². The van der Waals surface area contributed by atoms with Crippen LogP contribution in [0.1, 0.15) is 30.1 Å². The number of aromatic nitrogens is 3. The molecule has 0 aliphatic carbocycles. The number of rotatable bonds is 3. The van der Waals surface area contributed by atoms with Crippen molar-refractivity contribution in [1.29, 1.82) is 0 Å². The van der Waals surface area contributed by atoms with Gasteiger partial charge in [0.1, 0.15) is 0 Å². The van der Waals surface area contributed by atoms with Crippen molar-refractivity contribution in [2.45, 2.75) is 30.1 Å². The number of aryl methyl sites for hydroxylation is 1. The first-order valence-electron chi connectivity index (χ1n) is 7.24. The molecule has 24 heavy (non-hydrogen) atoms. The van der Waals surface area contributed by atoms with Gasteiger partial charge in [-0.3, -0.25) is 4.68 Å². The minimum absolute atomic E-state index is 0.284. The van der Waals surface area contributed by atoms with Gasteiger partial charge in [-0.15, -0.1) is 0 Å². The van der Waals surface area contributed by atoms with Crippen molar-refractivity contribution in [3.05, 3.63) is 41.9 Å². The van der Waals surface area contributed by atoms with Crippen LogP contribution in [0.2, 0.25) is 0 Å². The predicted molar refractivity (Wildman–Crippen MR) is 78.3 cm³/mol. The molecule has 1 aliphatic heterocycles. The number of hydrogen-bond donors (Lipinski definition) is 0. The maximum atomic E-state index is 12.7. The zero-order chi connectivity index (χ0) is 17.5. The summed E-state index contributed by atoms with van der Waals surface area (Å²) in [4.78, 5) is 3.52. The van der Waals surface area contributed by atoms with E-state index in [1.54, 1.807) is 24.0 Å². The number of nitrogens with zero attached hydrogens (tertiary/aromatic N) is 4. The fraction of sp³-hybridized carbons (Fsp3) is 0.429. The summed E-state index contributed by atoms with van der Waals surface area (Å²) in [5, 5.41) is 3.85. The van der Waals surface area contributed by atoms with E-state index in [1.165, 1.54) is 4.31 Å². The second-order valence-electron chi connectivity index (χ2n) is 5.57. The smallest absolute Gasteiger partial charge is 0.275 e. The van der Waals surface area contributed by atoms with Gasteiger partial charge in [0.15, 0.2) is 5.03 Å². The molecule has 10 heteroatoms. The molecular formula is C14H15F3N4O2S. The molecule has 3 rings (SSSR count). The van der Waals surface area contributed by atoms with Gasteiger partial charge in [0, 0.05) is 26.0 Å². The highest BCUT2D eigenvalue weighted by Crippen LogP contribution is 2.36. The third-order valence-corrected chi connectivity index (χ3v) is 5.74. The van der Waals surface area contributed by atoms with Gasteiger partial charge in [0.2, 0.25) is 0 Å². The molecule has 6 nitrogen and oxygen atoms in total. The largest absolute Gasteiger partial charge is 0.417 e. The summed E-state index contributed by atoms with van der Waals surface area (Å²) in [6.07, 6.45) is -1.04. The maximum absolute atomic E-state index is 12.7. The summed E-state index contributed by atoms with van der Waals surface area (Å²) in [6, 6.07) is 2.93. The predicted octanol–water partition coefficient (Wildman–Crippen LogP) is 2.36. The van der Waals surface area contributed by atoms with Crippen molar-refractivity contribution in [3.8, 4) is 0 Å². The molecule has 130 valence electrons. The second-order valence-corrected chi connectivity index (χ2v) is 7.41. The van der Waals surface area contributed by atoms with Crippen molar-refractivity contribution in [3.63, 3.8) is 0 Å². The van der Waals surface area contributed by atoms with Crippen molar-refractivity contribution in [2.75, 3.05) is 6.54 Å². The minimum atomic E-state index is -4.56. The Labute approximate surface area is 137 Å². The maximum Gasteiger partial charge on any atom is 0.417 e. The van der Waals surface area contributed by atoms with Gasteiger partial charge in [-0.25, -0.2) is 13.4 Å². The van der Waals surface area contributed by atoms with Gasteiger partial charge in [-0.05, 0) is 31.0 Å². The molecule has 0 bridgehead atoms. The molecule has 2 aromatic heterocycles. The normalized spacial score (nSPS) is 19.8. The summed E-state index contributed by atoms with van der Waals surface area (Å²) in [7, 11) is -2.25. The number of halogens is 3. The van der Waals surface area contributed by atoms with Gasteiger partial charge >= 0.3 is 6.18 Å². The zero-order valence-corrected chi connectivity index (χ0v) is 13.5. The van der Waals surface area contributed by atoms with Crippen LogP contribution < -0.4 is 0 Å². The minimum Gasteiger partial charge on any atom is -0.275 e. The van der Waals surface area contributed by atoms with Crippen LogP contribution in [0.15, 0.2) is 35.6 Å². The topological polar surface area (TPSA) is 68.1 Å². The highest BCUT2D eigenvalue weighted by Gasteiger charge is 2.38. The lowest BCUT2D eigenvalue weighted by Crippen LogP contribution is -2.31. The lowest BCUT2D eigenvalue weighted by molar-refractivity contribution is -0.137. The fourth-order valence-corrected chi connectivity index (χ4v) is 4.34. The first-order chi connectivity index (χ1) is 11.2. The van der Waals surface area contributed by atoms with E-state index < -0.39 is 32.8 Å². The molecule has 1 saturated heterocycles. The Morgan fingerprint density at radius 3 is 2.54 bits per heavy atom. The third kappa shape index (κ3) is 3.03. The van der Waals surface area contributed by atoms with Gasteiger partial charge in [0.05, 0.1) is 17.3 Å². The zero-order valence-electron chi connectivity index (χ0n) is 12.7. The summed E-state index contributed by atoms with van der Waals surface area (Å²) in [6.45, 7) is 0.284. The van der Waals surface area contributed by atoms with Crippen LogP contribution in [0, 0.1) is 0 Å². The average molecular weight is 360 g/mol. The standard InChI is InChI=1S/C14H15F3N4O2S/c1-20-8-6-11(19-20)12-3-2-7-21(12)24(22,23)13-5-4-10(9-18-13)14(15,16)17/h4-6,8-9,12H,2-3,7H2,1H3. The van der Waals surface area contributed by atoms with Crippen molar-refractivity contribution >= 4 is 10.0 Å². The molecule has 0 aromatic carbocycles. The Bertz CT molecular complexity index is 830. The first kappa shape index (κ1) is 16.9. The Hall–Kier alpha value is -1.94. The molecule has 1 unspecified atom stereocenters. The van der Waals surface area contributed by atoms with E-state index in [4.69, 9.17) is 0 Å². The molecule has 2 aromatic rings. The second kappa shape index (κ2) is 5.85. The van der Waals surface area contributed by atoms with Crippen LogP contribution in [0.3, 0.4) is 0 Å². The van der Waals surface area contributed by atoms with Crippen LogP contribution in [0.4, 0.5) is 13.2 Å². The molecule has 0 amide bonds. The molecule has 0 radical (unpaired) electrons. The number of sulfonamides is 1. The first-order valence-corrected chi connectivity index (χ1v) is 8.68. The molecule has 0 saturated carbocycles. The SMILES string of the molecule is Cn1ccc(C2CCCN2S(=O)(=O)c2ccc(C(F)(F)F)cn2)n1. The van der Waals surface area contributed by atoms with Crippen LogP contribution in [-0.2, 0) is 23.2 Å². The van der Waals surface area contributed by atoms with Crippen LogP contribution in [0.5, 0.6) is 0 Å². The molecular weight excluding hydrogens is 345 g/mol. The lowest BCUT2D eigenvalue weighted by atomic mass is 10.2. The molecule has 1 atom stereocenters. The summed E-state index contributed by atoms with van der Waals surface area (Å²) in [5.74, 6) is 0. The van der Waals surface area contributed by atoms with E-state index in [-0.39, 0.29) is 6.54 Å². The molecule has 1 fully saturated rings. The van der Waals surface area contributed by atoms with Crippen LogP contribution in [-0.4, -0.2) is 34.0 Å². The van der Waals surface area contributed by atoms with Gasteiger partial charge in [0.25, 0.3) is 10.0 Å². The van der Waals surface area contributed by atoms with Gasteiger partial charge < -0.3 is 0 Å². The quantitative estimate of drug-likeness (QED) is 0.843. The van der Waals surface area contributed by atoms with E-state index >= 15 is 0 Å². The number of alkyl halides is 3. The molecule has 0 N–H and O–H groups in total. The van der Waals surface area contributed by atoms with E-state index in [1.807, 2.05) is 0 Å². The fourth-order valence-electron chi connectivity index (χ4n) is 2.75. The average Bonchev–Trinajstić information content (AvgIpc) is 3.15. The van der Waals surface area contributed by atoms with Crippen LogP contribution >= 0.6 is 0 Å². The third-order valence-electron chi connectivity index (χ3n) is 3.92. The van der Waals surface area contributed by atoms with E-state index in [2.05, 4.69) is 10.1 Å². The summed E-state index contributed by atoms with van der Waals surface area (Å²) in [5.41, 5.74) is -0.366. The van der Waals surface area contributed by atoms with Crippen LogP contribution in [0.25, 0.3) is 0 Å². The van der Waals surface area contributed by atoms with Gasteiger partial charge in [-0.1, -0.05) is 0 Å². The van der Waals surface area contributed by atoms with Crippen molar-refractivity contribution < 1.29 is 21.6 Å². The Morgan fingerprint density at radius 2 is 2.00 bits per heavy atom. The van der Waals surface area contributed by atoms with Gasteiger partial charge in [-0.2, -0.15) is 22.6 Å². The Balaban J connectivity index is 1.92. The molecule has 3 heterocycles. The summed E-state index contributed by atoms with van der Waals surface area (Å²) < 4.78 is 66.1. The van der Waals surface area contributed by atoms with E-state index in [9.17, 15) is 21.6 Å². The number of pyridine rings is 1. The number of hydrogen-bond acceptors (Lipinski definition) is 4. The van der Waals surface area contributed by atoms with Crippen molar-refractivity contribution in [1.82, 2.24) is 19.1 Å². The molecule has 0 spiro atoms. The van der Waals surface area contributed by atoms with E-state index in [0.717, 1.165) is 12.1 Å². The van der Waals surface area contributed by atoms with Crippen molar-refractivity contribution in [2.24, 2.45) is 7.05 Å². The lowest BCUT2D eigenvalue weighted by Gasteiger charge is -2.22. The monoisotopic (exact) mass is 360 g/mol. The molecule has 1 aliphatic rings. The highest BCUT2D eigenvalue weighted by molar-refractivity contribution is 7.89. The highest BCUT2D eigenvalue weighted by atomic mass is 32.2. The Kier molecular flexibility index (Phi) is 4.12. The summed E-state index contributed by atoms with van der Waals surface area (Å²) >= 11 is 0.